The number of hydrogen-bond donors (Lipinski definition) is 1. The van der Waals surface area contributed by atoms with E-state index in [0.29, 0.717) is 29.1 Å². The fourth-order valence-electron chi connectivity index (χ4n) is 5.37. The molecule has 1 saturated carbocycles. The fraction of sp³-hybridized carbons (Fsp3) is 0.435. The van der Waals surface area contributed by atoms with Crippen molar-refractivity contribution in [3.05, 3.63) is 35.5 Å². The lowest BCUT2D eigenvalue weighted by Crippen LogP contribution is -2.26. The first-order valence-electron chi connectivity index (χ1n) is 9.88. The molecule has 0 amide bonds. The number of nitrogens with zero attached hydrogens (tertiary/aromatic N) is 1. The van der Waals surface area contributed by atoms with E-state index in [0.717, 1.165) is 40.1 Å². The second kappa shape index (κ2) is 6.52. The number of aliphatic hydroxyl groups excluding tert-OH is 1. The number of ether oxygens (including phenoxy) is 3. The Balaban J connectivity index is 1.91. The van der Waals surface area contributed by atoms with E-state index in [1.165, 1.54) is 18.4 Å². The Labute approximate surface area is 164 Å². The molecule has 2 aliphatic rings. The van der Waals surface area contributed by atoms with Crippen molar-refractivity contribution in [3.8, 4) is 17.2 Å². The Kier molecular flexibility index (Phi) is 4.09. The number of pyridine rings is 1. The third kappa shape index (κ3) is 2.39. The lowest BCUT2D eigenvalue weighted by atomic mass is 9.73. The number of benzene rings is 2. The minimum atomic E-state index is -0.475. The molecule has 1 aromatic heterocycles. The average Bonchev–Trinajstić information content (AvgIpc) is 3.21. The normalized spacial score (nSPS) is 23.5. The van der Waals surface area contributed by atoms with Crippen molar-refractivity contribution in [2.45, 2.75) is 31.8 Å². The predicted octanol–water partition coefficient (Wildman–Crippen LogP) is 4.42. The van der Waals surface area contributed by atoms with Crippen molar-refractivity contribution in [3.63, 3.8) is 0 Å². The van der Waals surface area contributed by atoms with E-state index in [-0.39, 0.29) is 0 Å². The SMILES string of the molecule is COc1cnc2c3c(c4cc(OC)c(OC)cc4c2c1)CC1CCC[C@@H]1[C@@H]3O. The largest absolute Gasteiger partial charge is 0.495 e. The van der Waals surface area contributed by atoms with Gasteiger partial charge in [0.25, 0.3) is 0 Å². The van der Waals surface area contributed by atoms with Gasteiger partial charge in [-0.1, -0.05) is 6.42 Å². The van der Waals surface area contributed by atoms with Crippen LogP contribution in [-0.2, 0) is 6.42 Å². The van der Waals surface area contributed by atoms with E-state index in [1.807, 2.05) is 18.2 Å². The smallest absolute Gasteiger partial charge is 0.161 e. The summed E-state index contributed by atoms with van der Waals surface area (Å²) < 4.78 is 16.6. The molecule has 0 aliphatic heterocycles. The molecule has 146 valence electrons. The third-order valence-electron chi connectivity index (χ3n) is 6.70. The standard InChI is InChI=1S/C23H25NO4/c1-26-13-8-18-16-10-20(28-3)19(27-2)9-15(16)17-7-12-5-4-6-14(12)23(25)21(17)22(18)24-11-13/h8-12,14,23,25H,4-7H2,1-3H3/t12?,14-,23-/m0/s1. The van der Waals surface area contributed by atoms with Gasteiger partial charge in [0, 0.05) is 10.9 Å². The second-order valence-electron chi connectivity index (χ2n) is 7.92. The zero-order valence-corrected chi connectivity index (χ0v) is 16.5. The average molecular weight is 379 g/mol. The second-order valence-corrected chi connectivity index (χ2v) is 7.92. The molecule has 5 nitrogen and oxygen atoms in total. The van der Waals surface area contributed by atoms with Gasteiger partial charge in [-0.05, 0) is 65.6 Å². The van der Waals surface area contributed by atoms with Crippen LogP contribution in [0.5, 0.6) is 17.2 Å². The maximum absolute atomic E-state index is 11.3. The van der Waals surface area contributed by atoms with Gasteiger partial charge in [0.05, 0.1) is 39.1 Å². The summed E-state index contributed by atoms with van der Waals surface area (Å²) in [6.07, 6.45) is 5.71. The first-order valence-corrected chi connectivity index (χ1v) is 9.88. The molecule has 5 rings (SSSR count). The van der Waals surface area contributed by atoms with E-state index in [4.69, 9.17) is 19.2 Å². The van der Waals surface area contributed by atoms with Gasteiger partial charge in [-0.3, -0.25) is 4.98 Å². The molecule has 0 spiro atoms. The predicted molar refractivity (Wildman–Crippen MR) is 108 cm³/mol. The van der Waals surface area contributed by atoms with Gasteiger partial charge < -0.3 is 19.3 Å². The van der Waals surface area contributed by atoms with Gasteiger partial charge >= 0.3 is 0 Å². The molecule has 3 aromatic rings. The van der Waals surface area contributed by atoms with Crippen LogP contribution in [0.2, 0.25) is 0 Å². The van der Waals surface area contributed by atoms with E-state index >= 15 is 0 Å². The number of rotatable bonds is 3. The van der Waals surface area contributed by atoms with Crippen molar-refractivity contribution < 1.29 is 19.3 Å². The van der Waals surface area contributed by atoms with Crippen molar-refractivity contribution in [2.24, 2.45) is 11.8 Å². The number of methoxy groups -OCH3 is 3. The van der Waals surface area contributed by atoms with Crippen molar-refractivity contribution in [1.82, 2.24) is 4.98 Å². The lowest BCUT2D eigenvalue weighted by Gasteiger charge is -2.34. The number of aromatic nitrogens is 1. The van der Waals surface area contributed by atoms with Crippen molar-refractivity contribution in [1.29, 1.82) is 0 Å². The highest BCUT2D eigenvalue weighted by Crippen LogP contribution is 2.52. The van der Waals surface area contributed by atoms with E-state index in [1.54, 1.807) is 27.5 Å². The molecule has 0 bridgehead atoms. The summed E-state index contributed by atoms with van der Waals surface area (Å²) >= 11 is 0. The highest BCUT2D eigenvalue weighted by molar-refractivity contribution is 6.11. The molecule has 0 radical (unpaired) electrons. The quantitative estimate of drug-likeness (QED) is 0.683. The molecule has 28 heavy (non-hydrogen) atoms. The van der Waals surface area contributed by atoms with Crippen LogP contribution in [-0.4, -0.2) is 31.4 Å². The highest BCUT2D eigenvalue weighted by atomic mass is 16.5. The summed E-state index contributed by atoms with van der Waals surface area (Å²) in [7, 11) is 4.95. The fourth-order valence-corrected chi connectivity index (χ4v) is 5.37. The third-order valence-corrected chi connectivity index (χ3v) is 6.70. The zero-order chi connectivity index (χ0) is 19.4. The Morgan fingerprint density at radius 1 is 0.929 bits per heavy atom. The maximum Gasteiger partial charge on any atom is 0.161 e. The number of hydrogen-bond acceptors (Lipinski definition) is 5. The van der Waals surface area contributed by atoms with Crippen LogP contribution in [0.4, 0.5) is 0 Å². The van der Waals surface area contributed by atoms with E-state index in [2.05, 4.69) is 0 Å². The minimum Gasteiger partial charge on any atom is -0.495 e. The molecule has 5 heteroatoms. The molecular weight excluding hydrogens is 354 g/mol. The van der Waals surface area contributed by atoms with Crippen molar-refractivity contribution in [2.75, 3.05) is 21.3 Å². The molecule has 2 aromatic carbocycles. The van der Waals surface area contributed by atoms with E-state index in [9.17, 15) is 5.11 Å². The summed E-state index contributed by atoms with van der Waals surface area (Å²) in [5.74, 6) is 2.96. The Hall–Kier alpha value is -2.53. The summed E-state index contributed by atoms with van der Waals surface area (Å²) in [6.45, 7) is 0. The van der Waals surface area contributed by atoms with Gasteiger partial charge in [-0.15, -0.1) is 0 Å². The van der Waals surface area contributed by atoms with Gasteiger partial charge in [-0.25, -0.2) is 0 Å². The first-order chi connectivity index (χ1) is 13.7. The minimum absolute atomic E-state index is 0.331. The van der Waals surface area contributed by atoms with Gasteiger partial charge in [-0.2, -0.15) is 0 Å². The summed E-state index contributed by atoms with van der Waals surface area (Å²) in [4.78, 5) is 4.72. The molecule has 3 atom stereocenters. The Morgan fingerprint density at radius 2 is 1.68 bits per heavy atom. The topological polar surface area (TPSA) is 60.8 Å². The lowest BCUT2D eigenvalue weighted by molar-refractivity contribution is 0.0758. The molecule has 1 unspecified atom stereocenters. The molecular formula is C23H25NO4. The van der Waals surface area contributed by atoms with Crippen LogP contribution in [0, 0.1) is 11.8 Å². The molecule has 1 heterocycles. The number of fused-ring (bicyclic) bond motifs is 7. The summed E-state index contributed by atoms with van der Waals surface area (Å²) in [5.41, 5.74) is 3.06. The van der Waals surface area contributed by atoms with Gasteiger partial charge in [0.2, 0.25) is 0 Å². The maximum atomic E-state index is 11.3. The first kappa shape index (κ1) is 17.6. The molecule has 0 saturated heterocycles. The van der Waals surface area contributed by atoms with Crippen LogP contribution in [0.1, 0.15) is 36.5 Å². The van der Waals surface area contributed by atoms with Crippen LogP contribution in [0.3, 0.4) is 0 Å². The molecule has 1 N–H and O–H groups in total. The molecule has 2 aliphatic carbocycles. The van der Waals surface area contributed by atoms with Gasteiger partial charge in [0.1, 0.15) is 5.75 Å². The van der Waals surface area contributed by atoms with Crippen LogP contribution < -0.4 is 14.2 Å². The highest BCUT2D eigenvalue weighted by Gasteiger charge is 2.40. The van der Waals surface area contributed by atoms with E-state index < -0.39 is 6.10 Å². The summed E-state index contributed by atoms with van der Waals surface area (Å²) in [6, 6.07) is 6.07. The van der Waals surface area contributed by atoms with Crippen LogP contribution in [0.25, 0.3) is 21.7 Å². The summed E-state index contributed by atoms with van der Waals surface area (Å²) in [5, 5.41) is 14.5. The Morgan fingerprint density at radius 3 is 2.39 bits per heavy atom. The van der Waals surface area contributed by atoms with Gasteiger partial charge in [0.15, 0.2) is 11.5 Å². The number of aliphatic hydroxyl groups is 1. The molecule has 1 fully saturated rings. The zero-order valence-electron chi connectivity index (χ0n) is 16.5. The van der Waals surface area contributed by atoms with Crippen LogP contribution in [0.15, 0.2) is 24.4 Å². The van der Waals surface area contributed by atoms with Crippen LogP contribution >= 0.6 is 0 Å². The monoisotopic (exact) mass is 379 g/mol. The Bertz CT molecular complexity index is 1080. The van der Waals surface area contributed by atoms with Crippen molar-refractivity contribution >= 4 is 21.7 Å².